The van der Waals surface area contributed by atoms with Gasteiger partial charge < -0.3 is 14.8 Å². The lowest BCUT2D eigenvalue weighted by atomic mass is 9.96. The van der Waals surface area contributed by atoms with Crippen LogP contribution in [0.5, 0.6) is 0 Å². The molecule has 144 valence electrons. The van der Waals surface area contributed by atoms with E-state index in [0.29, 0.717) is 38.9 Å². The van der Waals surface area contributed by atoms with Gasteiger partial charge in [0.05, 0.1) is 5.92 Å². The number of carbonyl (C=O) groups excluding carboxylic acids is 2. The first-order valence-electron chi connectivity index (χ1n) is 9.63. The Labute approximate surface area is 159 Å². The first-order valence-corrected chi connectivity index (χ1v) is 9.63. The molecule has 2 heterocycles. The van der Waals surface area contributed by atoms with Crippen LogP contribution in [0, 0.1) is 5.92 Å². The highest BCUT2D eigenvalue weighted by atomic mass is 16.2. The first-order chi connectivity index (χ1) is 13.2. The zero-order chi connectivity index (χ0) is 19.1. The number of aryl methyl sites for hydroxylation is 1. The van der Waals surface area contributed by atoms with Crippen LogP contribution < -0.4 is 5.32 Å². The van der Waals surface area contributed by atoms with Crippen molar-refractivity contribution in [2.24, 2.45) is 5.92 Å². The number of likely N-dealkylation sites (tertiary alicyclic amines) is 1. The second-order valence-electron chi connectivity index (χ2n) is 6.89. The van der Waals surface area contributed by atoms with Crippen LogP contribution in [0.3, 0.4) is 0 Å². The van der Waals surface area contributed by atoms with Gasteiger partial charge in [-0.15, -0.1) is 10.2 Å². The molecule has 0 unspecified atom stereocenters. The van der Waals surface area contributed by atoms with Crippen molar-refractivity contribution in [3.8, 4) is 0 Å². The summed E-state index contributed by atoms with van der Waals surface area (Å²) >= 11 is 0. The Morgan fingerprint density at radius 3 is 2.85 bits per heavy atom. The smallest absolute Gasteiger partial charge is 0.224 e. The van der Waals surface area contributed by atoms with Crippen molar-refractivity contribution in [3.05, 3.63) is 48.0 Å². The van der Waals surface area contributed by atoms with Gasteiger partial charge in [-0.1, -0.05) is 30.3 Å². The van der Waals surface area contributed by atoms with E-state index in [4.69, 9.17) is 0 Å². The standard InChI is InChI=1S/C20H27N5O2/c1-2-24-15-22-23-18(24)10-12-21-20(27)17-8-9-19(26)25(14-17)13-11-16-6-4-3-5-7-16/h3-7,15,17H,2,8-14H2,1H3,(H,21,27)/t17-/m0/s1. The number of nitrogens with zero attached hydrogens (tertiary/aromatic N) is 4. The average molecular weight is 369 g/mol. The molecule has 7 nitrogen and oxygen atoms in total. The summed E-state index contributed by atoms with van der Waals surface area (Å²) in [7, 11) is 0. The normalized spacial score (nSPS) is 17.1. The molecule has 0 saturated carbocycles. The van der Waals surface area contributed by atoms with Crippen molar-refractivity contribution in [3.63, 3.8) is 0 Å². The molecule has 0 radical (unpaired) electrons. The Kier molecular flexibility index (Phi) is 6.57. The average Bonchev–Trinajstić information content (AvgIpc) is 3.15. The second-order valence-corrected chi connectivity index (χ2v) is 6.89. The molecule has 0 bridgehead atoms. The number of nitrogens with one attached hydrogen (secondary N) is 1. The van der Waals surface area contributed by atoms with Gasteiger partial charge >= 0.3 is 0 Å². The molecule has 2 aromatic rings. The highest BCUT2D eigenvalue weighted by Crippen LogP contribution is 2.18. The van der Waals surface area contributed by atoms with Crippen LogP contribution in [0.25, 0.3) is 0 Å². The minimum atomic E-state index is -0.137. The van der Waals surface area contributed by atoms with Gasteiger partial charge in [-0.2, -0.15) is 0 Å². The number of rotatable bonds is 8. The Hall–Kier alpha value is -2.70. The van der Waals surface area contributed by atoms with E-state index < -0.39 is 0 Å². The van der Waals surface area contributed by atoms with E-state index in [2.05, 4.69) is 27.6 Å². The van der Waals surface area contributed by atoms with Crippen molar-refractivity contribution in [2.45, 2.75) is 39.2 Å². The van der Waals surface area contributed by atoms with Crippen molar-refractivity contribution < 1.29 is 9.59 Å². The summed E-state index contributed by atoms with van der Waals surface area (Å²) in [4.78, 5) is 26.5. The minimum Gasteiger partial charge on any atom is -0.355 e. The fourth-order valence-electron chi connectivity index (χ4n) is 3.43. The second kappa shape index (κ2) is 9.30. The molecule has 1 aliphatic rings. The van der Waals surface area contributed by atoms with Crippen LogP contribution >= 0.6 is 0 Å². The molecular formula is C20H27N5O2. The zero-order valence-corrected chi connectivity index (χ0v) is 15.8. The number of carbonyl (C=O) groups is 2. The Balaban J connectivity index is 1.46. The highest BCUT2D eigenvalue weighted by Gasteiger charge is 2.29. The van der Waals surface area contributed by atoms with E-state index >= 15 is 0 Å². The van der Waals surface area contributed by atoms with Crippen LogP contribution in [0.1, 0.15) is 31.2 Å². The Morgan fingerprint density at radius 2 is 2.07 bits per heavy atom. The molecule has 1 atom stereocenters. The molecule has 1 aromatic carbocycles. The number of benzene rings is 1. The van der Waals surface area contributed by atoms with Gasteiger partial charge in [-0.05, 0) is 25.3 Å². The van der Waals surface area contributed by atoms with Gasteiger partial charge in [0.2, 0.25) is 11.8 Å². The lowest BCUT2D eigenvalue weighted by Gasteiger charge is -2.32. The first kappa shape index (κ1) is 19.1. The van der Waals surface area contributed by atoms with E-state index in [1.165, 1.54) is 5.56 Å². The summed E-state index contributed by atoms with van der Waals surface area (Å²) < 4.78 is 1.97. The van der Waals surface area contributed by atoms with Gasteiger partial charge in [-0.25, -0.2) is 0 Å². The Bertz CT molecular complexity index is 759. The van der Waals surface area contributed by atoms with E-state index in [1.54, 1.807) is 6.33 Å². The topological polar surface area (TPSA) is 80.1 Å². The van der Waals surface area contributed by atoms with Gasteiger partial charge in [-0.3, -0.25) is 9.59 Å². The van der Waals surface area contributed by atoms with Crippen LogP contribution in [0.2, 0.25) is 0 Å². The van der Waals surface area contributed by atoms with E-state index in [0.717, 1.165) is 18.8 Å². The fourth-order valence-corrected chi connectivity index (χ4v) is 3.43. The summed E-state index contributed by atoms with van der Waals surface area (Å²) in [5.41, 5.74) is 1.21. The molecule has 0 spiro atoms. The molecule has 27 heavy (non-hydrogen) atoms. The molecule has 7 heteroatoms. The minimum absolute atomic E-state index is 0.0229. The molecule has 1 aliphatic heterocycles. The lowest BCUT2D eigenvalue weighted by molar-refractivity contribution is -0.138. The quantitative estimate of drug-likeness (QED) is 0.763. The third kappa shape index (κ3) is 5.15. The number of hydrogen-bond acceptors (Lipinski definition) is 4. The molecule has 2 amide bonds. The zero-order valence-electron chi connectivity index (χ0n) is 15.8. The predicted molar refractivity (Wildman–Crippen MR) is 102 cm³/mol. The Morgan fingerprint density at radius 1 is 1.26 bits per heavy atom. The molecule has 3 rings (SSSR count). The molecular weight excluding hydrogens is 342 g/mol. The van der Waals surface area contributed by atoms with E-state index in [-0.39, 0.29) is 17.7 Å². The summed E-state index contributed by atoms with van der Waals surface area (Å²) in [6.45, 7) is 4.55. The van der Waals surface area contributed by atoms with Gasteiger partial charge in [0.25, 0.3) is 0 Å². The van der Waals surface area contributed by atoms with Crippen molar-refractivity contribution in [2.75, 3.05) is 19.6 Å². The maximum atomic E-state index is 12.5. The maximum Gasteiger partial charge on any atom is 0.224 e. The summed E-state index contributed by atoms with van der Waals surface area (Å²) in [5, 5.41) is 11.0. The van der Waals surface area contributed by atoms with Crippen LogP contribution in [-0.2, 0) is 29.0 Å². The fraction of sp³-hybridized carbons (Fsp3) is 0.500. The molecule has 1 saturated heterocycles. The van der Waals surface area contributed by atoms with Crippen molar-refractivity contribution >= 4 is 11.8 Å². The predicted octanol–water partition coefficient (Wildman–Crippen LogP) is 1.44. The number of hydrogen-bond donors (Lipinski definition) is 1. The molecule has 1 fully saturated rings. The summed E-state index contributed by atoms with van der Waals surface area (Å²) in [6.07, 6.45) is 4.24. The van der Waals surface area contributed by atoms with E-state index in [1.807, 2.05) is 34.6 Å². The van der Waals surface area contributed by atoms with Crippen LogP contribution in [0.4, 0.5) is 0 Å². The van der Waals surface area contributed by atoms with Crippen LogP contribution in [0.15, 0.2) is 36.7 Å². The number of aromatic nitrogens is 3. The lowest BCUT2D eigenvalue weighted by Crippen LogP contribution is -2.46. The SMILES string of the molecule is CCn1cnnc1CCNC(=O)[C@H]1CCC(=O)N(CCc2ccccc2)C1. The molecule has 0 aliphatic carbocycles. The maximum absolute atomic E-state index is 12.5. The highest BCUT2D eigenvalue weighted by molar-refractivity contribution is 5.83. The van der Waals surface area contributed by atoms with Gasteiger partial charge in [0.1, 0.15) is 12.2 Å². The molecule has 1 N–H and O–H groups in total. The van der Waals surface area contributed by atoms with Crippen molar-refractivity contribution in [1.82, 2.24) is 25.0 Å². The van der Waals surface area contributed by atoms with Gasteiger partial charge in [0.15, 0.2) is 0 Å². The summed E-state index contributed by atoms with van der Waals surface area (Å²) in [5.74, 6) is 0.907. The van der Waals surface area contributed by atoms with E-state index in [9.17, 15) is 9.59 Å². The van der Waals surface area contributed by atoms with Crippen molar-refractivity contribution in [1.29, 1.82) is 0 Å². The molecule has 1 aromatic heterocycles. The largest absolute Gasteiger partial charge is 0.355 e. The number of piperidine rings is 1. The van der Waals surface area contributed by atoms with Gasteiger partial charge in [0, 0.05) is 39.0 Å². The monoisotopic (exact) mass is 369 g/mol. The summed E-state index contributed by atoms with van der Waals surface area (Å²) in [6, 6.07) is 10.1. The number of amides is 2. The third-order valence-corrected chi connectivity index (χ3v) is 5.07. The third-order valence-electron chi connectivity index (χ3n) is 5.07. The van der Waals surface area contributed by atoms with Crippen LogP contribution in [-0.4, -0.2) is 51.1 Å².